The largest absolute Gasteiger partial charge is 0.508 e. The molecule has 0 radical (unpaired) electrons. The lowest BCUT2D eigenvalue weighted by Crippen LogP contribution is -2.44. The SMILES string of the molecule is NC(=O)N1C(=O)[C@H]2[C@H](CC=C3[C@H]2C[C@H]2C(=O)N(C(N)=O)C(=O)[C@H]2[C@H]3c2ccc(O)cc2)C1=O. The summed E-state index contributed by atoms with van der Waals surface area (Å²) >= 11 is 0. The molecule has 2 saturated heterocycles. The average Bonchev–Trinajstić information content (AvgIpc) is 3.17. The van der Waals surface area contributed by atoms with Crippen LogP contribution in [0.1, 0.15) is 24.3 Å². The van der Waals surface area contributed by atoms with Gasteiger partial charge in [0.05, 0.1) is 23.7 Å². The third-order valence-electron chi connectivity index (χ3n) is 7.34. The number of fused-ring (bicyclic) bond motifs is 4. The maximum Gasteiger partial charge on any atom is 0.328 e. The standard InChI is InChI=1S/C22H20N4O7/c23-21(32)25-17(28)11-6-5-10-12(15(11)19(25)30)7-13-16(20(31)26(18(13)29)22(24)33)14(10)8-1-3-9(27)4-2-8/h1-5,11-16,27H,6-7H2,(H2,23,32)(H2,24,33)/t11-,12+,13+,14-,15-,16+/m0/s1. The second-order valence-corrected chi connectivity index (χ2v) is 8.82. The van der Waals surface area contributed by atoms with E-state index in [4.69, 9.17) is 11.5 Å². The van der Waals surface area contributed by atoms with Crippen LogP contribution in [-0.2, 0) is 19.2 Å². The highest BCUT2D eigenvalue weighted by Crippen LogP contribution is 2.57. The lowest BCUT2D eigenvalue weighted by atomic mass is 9.57. The number of carbonyl (C=O) groups is 6. The van der Waals surface area contributed by atoms with Crippen molar-refractivity contribution < 1.29 is 33.9 Å². The van der Waals surface area contributed by atoms with Crippen LogP contribution in [-0.4, -0.2) is 50.6 Å². The van der Waals surface area contributed by atoms with Crippen molar-refractivity contribution in [1.82, 2.24) is 9.80 Å². The van der Waals surface area contributed by atoms with E-state index in [2.05, 4.69) is 0 Å². The number of amides is 8. The number of imide groups is 6. The van der Waals surface area contributed by atoms with E-state index in [0.717, 1.165) is 0 Å². The van der Waals surface area contributed by atoms with Gasteiger partial charge in [-0.2, -0.15) is 9.80 Å². The molecule has 3 fully saturated rings. The molecule has 2 aliphatic heterocycles. The van der Waals surface area contributed by atoms with Crippen LogP contribution < -0.4 is 11.5 Å². The normalized spacial score (nSPS) is 32.9. The number of phenols is 1. The highest BCUT2D eigenvalue weighted by molar-refractivity contribution is 6.18. The zero-order valence-electron chi connectivity index (χ0n) is 17.2. The monoisotopic (exact) mass is 452 g/mol. The van der Waals surface area contributed by atoms with Crippen LogP contribution in [0, 0.1) is 29.6 Å². The molecule has 1 aromatic carbocycles. The number of benzene rings is 1. The van der Waals surface area contributed by atoms with Gasteiger partial charge in [0.25, 0.3) is 0 Å². The number of nitrogens with two attached hydrogens (primary N) is 2. The number of nitrogens with zero attached hydrogens (tertiary/aromatic N) is 2. The van der Waals surface area contributed by atoms with E-state index in [0.29, 0.717) is 20.9 Å². The number of rotatable bonds is 1. The Kier molecular flexibility index (Phi) is 4.42. The number of aromatic hydroxyl groups is 1. The fraction of sp³-hybridized carbons (Fsp3) is 0.364. The number of primary amides is 2. The van der Waals surface area contributed by atoms with E-state index in [1.54, 1.807) is 18.2 Å². The summed E-state index contributed by atoms with van der Waals surface area (Å²) in [5, 5.41) is 9.72. The molecule has 5 rings (SSSR count). The molecular formula is C22H20N4O7. The van der Waals surface area contributed by atoms with Crippen LogP contribution in [0.3, 0.4) is 0 Å². The summed E-state index contributed by atoms with van der Waals surface area (Å²) in [6, 6.07) is 3.75. The Bertz CT molecular complexity index is 1170. The predicted octanol–water partition coefficient (Wildman–Crippen LogP) is 0.186. The second-order valence-electron chi connectivity index (χ2n) is 8.82. The van der Waals surface area contributed by atoms with Gasteiger partial charge in [-0.15, -0.1) is 0 Å². The highest BCUT2D eigenvalue weighted by atomic mass is 16.3. The Morgan fingerprint density at radius 2 is 1.33 bits per heavy atom. The van der Waals surface area contributed by atoms with Crippen LogP contribution >= 0.6 is 0 Å². The maximum absolute atomic E-state index is 13.1. The fourth-order valence-electron chi connectivity index (χ4n) is 6.08. The number of likely N-dealkylation sites (tertiary alicyclic amines) is 2. The van der Waals surface area contributed by atoms with Crippen LogP contribution in [0.2, 0.25) is 0 Å². The Labute approximate surface area is 187 Å². The number of carbonyl (C=O) groups excluding carboxylic acids is 6. The maximum atomic E-state index is 13.1. The van der Waals surface area contributed by atoms with Crippen LogP contribution in [0.4, 0.5) is 9.59 Å². The lowest BCUT2D eigenvalue weighted by molar-refractivity contribution is -0.138. The first-order chi connectivity index (χ1) is 15.6. The van der Waals surface area contributed by atoms with Gasteiger partial charge in [-0.25, -0.2) is 9.59 Å². The summed E-state index contributed by atoms with van der Waals surface area (Å²) < 4.78 is 0. The topological polar surface area (TPSA) is 181 Å². The number of allylic oxidation sites excluding steroid dienone is 2. The molecule has 0 bridgehead atoms. The van der Waals surface area contributed by atoms with Gasteiger partial charge in [-0.3, -0.25) is 19.2 Å². The van der Waals surface area contributed by atoms with E-state index in [-0.39, 0.29) is 18.6 Å². The molecule has 11 heteroatoms. The molecule has 33 heavy (non-hydrogen) atoms. The van der Waals surface area contributed by atoms with Crippen molar-refractivity contribution in [2.45, 2.75) is 18.8 Å². The van der Waals surface area contributed by atoms with Gasteiger partial charge in [0.2, 0.25) is 23.6 Å². The van der Waals surface area contributed by atoms with E-state index in [1.165, 1.54) is 12.1 Å². The fourth-order valence-corrected chi connectivity index (χ4v) is 6.08. The van der Waals surface area contributed by atoms with Gasteiger partial charge < -0.3 is 16.6 Å². The quantitative estimate of drug-likeness (QED) is 0.401. The molecule has 2 aliphatic carbocycles. The molecule has 1 aromatic rings. The molecule has 6 atom stereocenters. The van der Waals surface area contributed by atoms with Crippen molar-refractivity contribution in [3.05, 3.63) is 41.5 Å². The van der Waals surface area contributed by atoms with Crippen molar-refractivity contribution in [2.24, 2.45) is 41.1 Å². The molecule has 8 amide bonds. The van der Waals surface area contributed by atoms with Crippen molar-refractivity contribution in [3.8, 4) is 5.75 Å². The van der Waals surface area contributed by atoms with Crippen molar-refractivity contribution in [1.29, 1.82) is 0 Å². The van der Waals surface area contributed by atoms with Crippen molar-refractivity contribution >= 4 is 35.7 Å². The number of phenolic OH excluding ortho intramolecular Hbond substituents is 1. The van der Waals surface area contributed by atoms with Gasteiger partial charge in [-0.1, -0.05) is 23.8 Å². The molecule has 2 heterocycles. The summed E-state index contributed by atoms with van der Waals surface area (Å²) in [6.45, 7) is 0. The smallest absolute Gasteiger partial charge is 0.328 e. The molecule has 170 valence electrons. The first kappa shape index (κ1) is 20.9. The molecule has 1 saturated carbocycles. The lowest BCUT2D eigenvalue weighted by Gasteiger charge is -2.43. The number of hydrogen-bond donors (Lipinski definition) is 3. The minimum absolute atomic E-state index is 0.00148. The van der Waals surface area contributed by atoms with Crippen LogP contribution in [0.15, 0.2) is 35.9 Å². The number of hydrogen-bond acceptors (Lipinski definition) is 7. The molecule has 11 nitrogen and oxygen atoms in total. The first-order valence-corrected chi connectivity index (χ1v) is 10.5. The summed E-state index contributed by atoms with van der Waals surface area (Å²) in [7, 11) is 0. The Morgan fingerprint density at radius 3 is 1.91 bits per heavy atom. The summed E-state index contributed by atoms with van der Waals surface area (Å²) in [5.41, 5.74) is 11.8. The van der Waals surface area contributed by atoms with Crippen molar-refractivity contribution in [3.63, 3.8) is 0 Å². The third-order valence-corrected chi connectivity index (χ3v) is 7.34. The molecular weight excluding hydrogens is 432 g/mol. The summed E-state index contributed by atoms with van der Waals surface area (Å²) in [5.74, 6) is -7.72. The molecule has 0 unspecified atom stereocenters. The molecule has 0 aromatic heterocycles. The second kappa shape index (κ2) is 6.99. The molecule has 4 aliphatic rings. The van der Waals surface area contributed by atoms with Crippen LogP contribution in [0.5, 0.6) is 5.75 Å². The van der Waals surface area contributed by atoms with Crippen LogP contribution in [0.25, 0.3) is 0 Å². The Hall–Kier alpha value is -4.02. The summed E-state index contributed by atoms with van der Waals surface area (Å²) in [4.78, 5) is 76.4. The molecule has 5 N–H and O–H groups in total. The Balaban J connectivity index is 1.65. The average molecular weight is 452 g/mol. The van der Waals surface area contributed by atoms with Gasteiger partial charge in [0.1, 0.15) is 5.75 Å². The van der Waals surface area contributed by atoms with Gasteiger partial charge in [0, 0.05) is 5.92 Å². The zero-order valence-corrected chi connectivity index (χ0v) is 17.2. The highest BCUT2D eigenvalue weighted by Gasteiger charge is 2.63. The Morgan fingerprint density at radius 1 is 0.788 bits per heavy atom. The minimum Gasteiger partial charge on any atom is -0.508 e. The minimum atomic E-state index is -1.18. The van der Waals surface area contributed by atoms with Gasteiger partial charge in [-0.05, 0) is 36.5 Å². The van der Waals surface area contributed by atoms with Crippen molar-refractivity contribution in [2.75, 3.05) is 0 Å². The van der Waals surface area contributed by atoms with E-state index in [9.17, 15) is 33.9 Å². The first-order valence-electron chi connectivity index (χ1n) is 10.5. The predicted molar refractivity (Wildman–Crippen MR) is 108 cm³/mol. The number of urea groups is 2. The van der Waals surface area contributed by atoms with E-state index >= 15 is 0 Å². The molecule has 0 spiro atoms. The third kappa shape index (κ3) is 2.74. The van der Waals surface area contributed by atoms with E-state index < -0.39 is 71.2 Å². The summed E-state index contributed by atoms with van der Waals surface area (Å²) in [6.07, 6.45) is 1.99. The van der Waals surface area contributed by atoms with Gasteiger partial charge in [0.15, 0.2) is 0 Å². The van der Waals surface area contributed by atoms with E-state index in [1.807, 2.05) is 0 Å². The zero-order chi connectivity index (χ0) is 23.8. The van der Waals surface area contributed by atoms with Gasteiger partial charge >= 0.3 is 12.1 Å².